The highest BCUT2D eigenvalue weighted by Crippen LogP contribution is 2.37. The summed E-state index contributed by atoms with van der Waals surface area (Å²) in [7, 11) is 0. The number of Topliss-reactive ketones (excluding diaryl/α,β-unsaturated/α-hetero) is 1. The van der Waals surface area contributed by atoms with E-state index in [1.165, 1.54) is 24.8 Å². The first-order valence-electron chi connectivity index (χ1n) is 7.55. The van der Waals surface area contributed by atoms with Crippen molar-refractivity contribution in [3.8, 4) is 0 Å². The summed E-state index contributed by atoms with van der Waals surface area (Å²) in [5.41, 5.74) is 2.24. The largest absolute Gasteiger partial charge is 0.377 e. The lowest BCUT2D eigenvalue weighted by Gasteiger charge is -2.26. The van der Waals surface area contributed by atoms with Gasteiger partial charge in [0.2, 0.25) is 0 Å². The van der Waals surface area contributed by atoms with Gasteiger partial charge in [0.15, 0.2) is 5.78 Å². The highest BCUT2D eigenvalue weighted by Gasteiger charge is 2.33. The Kier molecular flexibility index (Phi) is 3.69. The smallest absolute Gasteiger partial charge is 0.168 e. The molecule has 1 aromatic rings. The van der Waals surface area contributed by atoms with Gasteiger partial charge in [-0.05, 0) is 43.2 Å². The van der Waals surface area contributed by atoms with Crippen molar-refractivity contribution in [2.24, 2.45) is 5.92 Å². The van der Waals surface area contributed by atoms with Gasteiger partial charge in [0.1, 0.15) is 0 Å². The zero-order valence-corrected chi connectivity index (χ0v) is 11.6. The molecule has 1 aromatic carbocycles. The zero-order chi connectivity index (χ0) is 13.2. The normalized spacial score (nSPS) is 27.2. The third-order valence-corrected chi connectivity index (χ3v) is 4.70. The molecule has 2 heteroatoms. The molecule has 0 amide bonds. The van der Waals surface area contributed by atoms with Crippen molar-refractivity contribution in [3.05, 3.63) is 35.4 Å². The number of ketones is 1. The number of hydrogen-bond acceptors (Lipinski definition) is 2. The maximum absolute atomic E-state index is 12.6. The van der Waals surface area contributed by atoms with E-state index in [2.05, 4.69) is 19.1 Å². The van der Waals surface area contributed by atoms with Crippen molar-refractivity contribution in [2.75, 3.05) is 6.61 Å². The summed E-state index contributed by atoms with van der Waals surface area (Å²) in [4.78, 5) is 12.6. The van der Waals surface area contributed by atoms with E-state index in [1.54, 1.807) is 0 Å². The highest BCUT2D eigenvalue weighted by molar-refractivity contribution is 5.98. The van der Waals surface area contributed by atoms with Crippen LogP contribution in [0.5, 0.6) is 0 Å². The van der Waals surface area contributed by atoms with Crippen LogP contribution in [0.1, 0.15) is 60.9 Å². The van der Waals surface area contributed by atoms with Crippen molar-refractivity contribution >= 4 is 5.78 Å². The molecule has 1 heterocycles. The van der Waals surface area contributed by atoms with Gasteiger partial charge in [-0.3, -0.25) is 4.79 Å². The minimum atomic E-state index is 0.0710. The summed E-state index contributed by atoms with van der Waals surface area (Å²) in [6.45, 7) is 2.83. The summed E-state index contributed by atoms with van der Waals surface area (Å²) in [6.07, 6.45) is 5.82. The molecule has 0 radical (unpaired) electrons. The number of carbonyl (C=O) groups is 1. The second kappa shape index (κ2) is 5.46. The van der Waals surface area contributed by atoms with E-state index >= 15 is 0 Å². The number of rotatable bonds is 4. The number of ether oxygens (including phenoxy) is 1. The fraction of sp³-hybridized carbons (Fsp3) is 0.588. The van der Waals surface area contributed by atoms with Crippen LogP contribution in [-0.4, -0.2) is 18.5 Å². The lowest BCUT2D eigenvalue weighted by Crippen LogP contribution is -2.24. The lowest BCUT2D eigenvalue weighted by molar-refractivity contribution is 0.0689. The minimum Gasteiger partial charge on any atom is -0.377 e. The topological polar surface area (TPSA) is 26.3 Å². The molecule has 1 aliphatic carbocycles. The summed E-state index contributed by atoms with van der Waals surface area (Å²) >= 11 is 0. The van der Waals surface area contributed by atoms with Gasteiger partial charge in [-0.1, -0.05) is 31.5 Å². The number of benzene rings is 1. The number of hydrogen-bond donors (Lipinski definition) is 0. The van der Waals surface area contributed by atoms with E-state index in [4.69, 9.17) is 4.74 Å². The van der Waals surface area contributed by atoms with Crippen molar-refractivity contribution in [1.29, 1.82) is 0 Å². The maximum Gasteiger partial charge on any atom is 0.168 e. The van der Waals surface area contributed by atoms with Crippen LogP contribution in [0.2, 0.25) is 0 Å². The van der Waals surface area contributed by atoms with E-state index in [1.807, 2.05) is 12.1 Å². The summed E-state index contributed by atoms with van der Waals surface area (Å²) in [6, 6.07) is 8.30. The second-order valence-electron chi connectivity index (χ2n) is 5.83. The van der Waals surface area contributed by atoms with E-state index in [0.717, 1.165) is 25.0 Å². The molecule has 0 bridgehead atoms. The SMILES string of the molecule is CCC1OCCC1C(=O)c1cccc(C2CCC2)c1. The van der Waals surface area contributed by atoms with Crippen molar-refractivity contribution in [2.45, 2.75) is 51.0 Å². The molecule has 2 unspecified atom stereocenters. The van der Waals surface area contributed by atoms with Gasteiger partial charge in [0.25, 0.3) is 0 Å². The standard InChI is InChI=1S/C17H22O2/c1-2-16-15(9-10-19-16)17(18)14-8-4-7-13(11-14)12-5-3-6-12/h4,7-8,11-12,15-16H,2-3,5-6,9-10H2,1H3. The molecule has 0 aromatic heterocycles. The lowest BCUT2D eigenvalue weighted by atomic mass is 9.79. The fourth-order valence-electron chi connectivity index (χ4n) is 3.25. The molecule has 2 aliphatic rings. The van der Waals surface area contributed by atoms with Crippen LogP contribution in [0.15, 0.2) is 24.3 Å². The van der Waals surface area contributed by atoms with Gasteiger partial charge in [-0.25, -0.2) is 0 Å². The van der Waals surface area contributed by atoms with Crippen LogP contribution in [0.25, 0.3) is 0 Å². The van der Waals surface area contributed by atoms with E-state index in [9.17, 15) is 4.79 Å². The van der Waals surface area contributed by atoms with Gasteiger partial charge in [0, 0.05) is 12.2 Å². The Labute approximate surface area is 115 Å². The minimum absolute atomic E-state index is 0.0710. The Balaban J connectivity index is 1.79. The van der Waals surface area contributed by atoms with E-state index in [0.29, 0.717) is 5.92 Å². The monoisotopic (exact) mass is 258 g/mol. The molecule has 0 spiro atoms. The summed E-state index contributed by atoms with van der Waals surface area (Å²) in [5, 5.41) is 0. The molecular weight excluding hydrogens is 236 g/mol. The Morgan fingerprint density at radius 2 is 2.16 bits per heavy atom. The summed E-state index contributed by atoms with van der Waals surface area (Å²) in [5.74, 6) is 1.04. The molecule has 3 rings (SSSR count). The van der Waals surface area contributed by atoms with Crippen molar-refractivity contribution in [1.82, 2.24) is 0 Å². The quantitative estimate of drug-likeness (QED) is 0.764. The Hall–Kier alpha value is -1.15. The molecule has 2 fully saturated rings. The predicted molar refractivity (Wildman–Crippen MR) is 75.5 cm³/mol. The highest BCUT2D eigenvalue weighted by atomic mass is 16.5. The van der Waals surface area contributed by atoms with Gasteiger partial charge >= 0.3 is 0 Å². The average Bonchev–Trinajstić information content (AvgIpc) is 2.84. The number of carbonyl (C=O) groups excluding carboxylic acids is 1. The second-order valence-corrected chi connectivity index (χ2v) is 5.83. The first-order chi connectivity index (χ1) is 9.29. The van der Waals surface area contributed by atoms with Crippen LogP contribution in [-0.2, 0) is 4.74 Å². The first-order valence-corrected chi connectivity index (χ1v) is 7.55. The Morgan fingerprint density at radius 3 is 2.84 bits per heavy atom. The molecule has 1 saturated carbocycles. The van der Waals surface area contributed by atoms with Crippen molar-refractivity contribution in [3.63, 3.8) is 0 Å². The molecule has 19 heavy (non-hydrogen) atoms. The summed E-state index contributed by atoms with van der Waals surface area (Å²) < 4.78 is 5.65. The Morgan fingerprint density at radius 1 is 1.32 bits per heavy atom. The maximum atomic E-state index is 12.6. The van der Waals surface area contributed by atoms with E-state index in [-0.39, 0.29) is 17.8 Å². The van der Waals surface area contributed by atoms with Gasteiger partial charge in [-0.15, -0.1) is 0 Å². The van der Waals surface area contributed by atoms with Crippen LogP contribution in [0.3, 0.4) is 0 Å². The molecular formula is C17H22O2. The third-order valence-electron chi connectivity index (χ3n) is 4.70. The first kappa shape index (κ1) is 12.9. The molecule has 1 saturated heterocycles. The van der Waals surface area contributed by atoms with Gasteiger partial charge in [0.05, 0.1) is 12.0 Å². The van der Waals surface area contributed by atoms with Crippen LogP contribution in [0.4, 0.5) is 0 Å². The molecule has 2 nitrogen and oxygen atoms in total. The fourth-order valence-corrected chi connectivity index (χ4v) is 3.25. The van der Waals surface area contributed by atoms with Gasteiger partial charge < -0.3 is 4.74 Å². The molecule has 1 aliphatic heterocycles. The van der Waals surface area contributed by atoms with Crippen LogP contribution in [0, 0.1) is 5.92 Å². The zero-order valence-electron chi connectivity index (χ0n) is 11.6. The van der Waals surface area contributed by atoms with Crippen molar-refractivity contribution < 1.29 is 9.53 Å². The van der Waals surface area contributed by atoms with Crippen LogP contribution >= 0.6 is 0 Å². The predicted octanol–water partition coefficient (Wildman–Crippen LogP) is 3.95. The average molecular weight is 258 g/mol. The van der Waals surface area contributed by atoms with Gasteiger partial charge in [-0.2, -0.15) is 0 Å². The third kappa shape index (κ3) is 2.46. The van der Waals surface area contributed by atoms with E-state index < -0.39 is 0 Å². The Bertz CT molecular complexity index is 462. The molecule has 2 atom stereocenters. The molecule has 102 valence electrons. The van der Waals surface area contributed by atoms with Crippen LogP contribution < -0.4 is 0 Å². The molecule has 0 N–H and O–H groups in total.